The number of aromatic hydroxyl groups is 1. The fourth-order valence-corrected chi connectivity index (χ4v) is 3.60. The highest BCUT2D eigenvalue weighted by Crippen LogP contribution is 2.44. The van der Waals surface area contributed by atoms with E-state index in [4.69, 9.17) is 0 Å². The number of rotatable bonds is 4. The van der Waals surface area contributed by atoms with Crippen LogP contribution in [0.4, 0.5) is 0 Å². The van der Waals surface area contributed by atoms with Crippen molar-refractivity contribution < 1.29 is 5.11 Å². The van der Waals surface area contributed by atoms with Crippen LogP contribution in [0.3, 0.4) is 0 Å². The van der Waals surface area contributed by atoms with Crippen molar-refractivity contribution in [2.75, 3.05) is 26.2 Å². The van der Waals surface area contributed by atoms with Crippen LogP contribution in [0.15, 0.2) is 18.2 Å². The van der Waals surface area contributed by atoms with Gasteiger partial charge in [-0.25, -0.2) is 0 Å². The highest BCUT2D eigenvalue weighted by Gasteiger charge is 2.35. The number of nitrogens with one attached hydrogen (secondary N) is 1. The summed E-state index contributed by atoms with van der Waals surface area (Å²) in [5.74, 6) is 1.27. The number of phenolic OH excluding ortho intramolecular Hbond substituents is 1. The Balaban J connectivity index is 0.00000121. The molecule has 0 bridgehead atoms. The third kappa shape index (κ3) is 3.88. The zero-order valence-electron chi connectivity index (χ0n) is 13.3. The molecule has 2 fully saturated rings. The predicted octanol–water partition coefficient (Wildman–Crippen LogP) is 3.54. The van der Waals surface area contributed by atoms with Crippen molar-refractivity contribution in [1.82, 2.24) is 10.2 Å². The van der Waals surface area contributed by atoms with Gasteiger partial charge >= 0.3 is 0 Å². The number of hydrogen-bond acceptors (Lipinski definition) is 3. The van der Waals surface area contributed by atoms with Crippen LogP contribution in [0, 0.1) is 5.92 Å². The monoisotopic (exact) mass is 346 g/mol. The second kappa shape index (κ2) is 8.97. The second-order valence-electron chi connectivity index (χ2n) is 6.13. The van der Waals surface area contributed by atoms with Crippen molar-refractivity contribution in [2.45, 2.75) is 38.6 Å². The number of nitrogens with zero attached hydrogens (tertiary/aromatic N) is 1. The second-order valence-corrected chi connectivity index (χ2v) is 6.13. The fourth-order valence-electron chi connectivity index (χ4n) is 3.60. The van der Waals surface area contributed by atoms with Crippen molar-refractivity contribution in [3.05, 3.63) is 29.3 Å². The first kappa shape index (κ1) is 19.6. The van der Waals surface area contributed by atoms with Crippen molar-refractivity contribution >= 4 is 24.8 Å². The molecule has 0 unspecified atom stereocenters. The Morgan fingerprint density at radius 3 is 2.45 bits per heavy atom. The summed E-state index contributed by atoms with van der Waals surface area (Å²) in [7, 11) is 0. The lowest BCUT2D eigenvalue weighted by molar-refractivity contribution is 0.0818. The Morgan fingerprint density at radius 1 is 1.23 bits per heavy atom. The van der Waals surface area contributed by atoms with Gasteiger partial charge in [-0.15, -0.1) is 24.8 Å². The Kier molecular flexibility index (Phi) is 7.98. The summed E-state index contributed by atoms with van der Waals surface area (Å²) in [5, 5.41) is 14.0. The van der Waals surface area contributed by atoms with Crippen LogP contribution in [0.5, 0.6) is 5.75 Å². The molecule has 1 saturated carbocycles. The number of hydrogen-bond donors (Lipinski definition) is 2. The number of halogens is 2. The average Bonchev–Trinajstić information content (AvgIpc) is 2.44. The van der Waals surface area contributed by atoms with Gasteiger partial charge in [0.15, 0.2) is 0 Å². The van der Waals surface area contributed by atoms with E-state index in [1.54, 1.807) is 0 Å². The molecule has 2 aliphatic rings. The van der Waals surface area contributed by atoms with Gasteiger partial charge in [0.2, 0.25) is 0 Å². The summed E-state index contributed by atoms with van der Waals surface area (Å²) >= 11 is 0. The molecule has 1 saturated heterocycles. The third-order valence-corrected chi connectivity index (χ3v) is 4.99. The van der Waals surface area contributed by atoms with E-state index in [2.05, 4.69) is 35.3 Å². The molecule has 5 heteroatoms. The van der Waals surface area contributed by atoms with Gasteiger partial charge in [0.1, 0.15) is 5.75 Å². The summed E-state index contributed by atoms with van der Waals surface area (Å²) in [6.45, 7) is 6.44. The maximum Gasteiger partial charge on any atom is 0.123 e. The first-order valence-electron chi connectivity index (χ1n) is 8.06. The van der Waals surface area contributed by atoms with Crippen LogP contribution in [0.25, 0.3) is 0 Å². The Morgan fingerprint density at radius 2 is 1.91 bits per heavy atom. The molecular weight excluding hydrogens is 319 g/mol. The van der Waals surface area contributed by atoms with Crippen LogP contribution in [-0.4, -0.2) is 36.2 Å². The molecule has 1 aliphatic heterocycles. The summed E-state index contributed by atoms with van der Waals surface area (Å²) in [4.78, 5) is 2.58. The summed E-state index contributed by atoms with van der Waals surface area (Å²) in [5.41, 5.74) is 2.25. The molecular formula is C17H28Cl2N2O. The van der Waals surface area contributed by atoms with Crippen molar-refractivity contribution in [2.24, 2.45) is 5.92 Å². The molecule has 3 rings (SSSR count). The van der Waals surface area contributed by atoms with Gasteiger partial charge in [0, 0.05) is 37.8 Å². The molecule has 0 radical (unpaired) electrons. The van der Waals surface area contributed by atoms with E-state index < -0.39 is 0 Å². The van der Waals surface area contributed by atoms with Crippen LogP contribution in [0.2, 0.25) is 0 Å². The van der Waals surface area contributed by atoms with Crippen molar-refractivity contribution in [3.63, 3.8) is 0 Å². The van der Waals surface area contributed by atoms with Gasteiger partial charge in [-0.05, 0) is 30.7 Å². The van der Waals surface area contributed by atoms with Gasteiger partial charge in [0.05, 0.1) is 0 Å². The first-order valence-corrected chi connectivity index (χ1v) is 8.06. The maximum absolute atomic E-state index is 10.6. The molecule has 0 spiro atoms. The van der Waals surface area contributed by atoms with Crippen molar-refractivity contribution in [1.29, 1.82) is 0 Å². The van der Waals surface area contributed by atoms with E-state index in [0.29, 0.717) is 11.8 Å². The number of piperazine rings is 1. The average molecular weight is 347 g/mol. The fraction of sp³-hybridized carbons (Fsp3) is 0.647. The minimum absolute atomic E-state index is 0. The first-order chi connectivity index (χ1) is 9.81. The Labute approximate surface area is 146 Å². The minimum atomic E-state index is 0. The quantitative estimate of drug-likeness (QED) is 0.874. The third-order valence-electron chi connectivity index (χ3n) is 4.99. The molecule has 0 amide bonds. The van der Waals surface area contributed by atoms with E-state index >= 15 is 0 Å². The molecule has 0 aromatic heterocycles. The molecule has 1 aromatic rings. The maximum atomic E-state index is 10.6. The predicted molar refractivity (Wildman–Crippen MR) is 96.5 cm³/mol. The molecule has 22 heavy (non-hydrogen) atoms. The standard InChI is InChI=1S/C17H26N2O.2ClH/c1-2-13-5-4-8-15(17(13)20)16(14-6-3-7-14)19-11-9-18-10-12-19;;/h4-5,8,14,16,18,20H,2-3,6-7,9-12H2,1H3;2*1H/t16-;;/m0../s1. The van der Waals surface area contributed by atoms with Gasteiger partial charge in [-0.3, -0.25) is 4.90 Å². The number of aryl methyl sites for hydroxylation is 1. The van der Waals surface area contributed by atoms with E-state index in [0.717, 1.165) is 49.6 Å². The lowest BCUT2D eigenvalue weighted by Crippen LogP contribution is -2.47. The van der Waals surface area contributed by atoms with Gasteiger partial charge < -0.3 is 10.4 Å². The summed E-state index contributed by atoms with van der Waals surface area (Å²) < 4.78 is 0. The largest absolute Gasteiger partial charge is 0.507 e. The molecule has 3 nitrogen and oxygen atoms in total. The molecule has 1 heterocycles. The summed E-state index contributed by atoms with van der Waals surface area (Å²) in [6.07, 6.45) is 4.87. The Bertz CT molecular complexity index is 460. The highest BCUT2D eigenvalue weighted by atomic mass is 35.5. The number of para-hydroxylation sites is 1. The van der Waals surface area contributed by atoms with Gasteiger partial charge in [0.25, 0.3) is 0 Å². The van der Waals surface area contributed by atoms with Gasteiger partial charge in [-0.1, -0.05) is 31.5 Å². The molecule has 1 atom stereocenters. The number of benzene rings is 1. The normalized spacial score (nSPS) is 20.4. The zero-order valence-corrected chi connectivity index (χ0v) is 14.9. The topological polar surface area (TPSA) is 35.5 Å². The highest BCUT2D eigenvalue weighted by molar-refractivity contribution is 5.85. The van der Waals surface area contributed by atoms with E-state index in [1.807, 2.05) is 0 Å². The van der Waals surface area contributed by atoms with Crippen LogP contribution < -0.4 is 5.32 Å². The minimum Gasteiger partial charge on any atom is -0.507 e. The SMILES string of the molecule is CCc1cccc([C@H](C2CCC2)N2CCNCC2)c1O.Cl.Cl. The van der Waals surface area contributed by atoms with E-state index in [-0.39, 0.29) is 24.8 Å². The van der Waals surface area contributed by atoms with Crippen LogP contribution in [-0.2, 0) is 6.42 Å². The van der Waals surface area contributed by atoms with Crippen molar-refractivity contribution in [3.8, 4) is 5.75 Å². The Hall–Kier alpha value is -0.480. The van der Waals surface area contributed by atoms with Crippen LogP contribution in [0.1, 0.15) is 43.4 Å². The smallest absolute Gasteiger partial charge is 0.123 e. The molecule has 2 N–H and O–H groups in total. The molecule has 1 aromatic carbocycles. The number of phenols is 1. The molecule has 126 valence electrons. The zero-order chi connectivity index (χ0) is 13.9. The van der Waals surface area contributed by atoms with E-state index in [9.17, 15) is 5.11 Å². The van der Waals surface area contributed by atoms with Crippen LogP contribution >= 0.6 is 24.8 Å². The lowest BCUT2D eigenvalue weighted by Gasteiger charge is -2.43. The summed E-state index contributed by atoms with van der Waals surface area (Å²) in [6, 6.07) is 6.72. The lowest BCUT2D eigenvalue weighted by atomic mass is 9.75. The van der Waals surface area contributed by atoms with E-state index in [1.165, 1.54) is 19.3 Å². The molecule has 1 aliphatic carbocycles. The van der Waals surface area contributed by atoms with Gasteiger partial charge in [-0.2, -0.15) is 0 Å².